The fraction of sp³-hybridized carbons (Fsp3) is 0.909. The first-order valence-corrected chi connectivity index (χ1v) is 5.47. The molecule has 0 spiro atoms. The molecule has 0 saturated carbocycles. The summed E-state index contributed by atoms with van der Waals surface area (Å²) in [4.78, 5) is 11.3. The van der Waals surface area contributed by atoms with E-state index in [-0.39, 0.29) is 24.2 Å². The molecule has 0 fully saturated rings. The average Bonchev–Trinajstić information content (AvgIpc) is 2.07. The van der Waals surface area contributed by atoms with E-state index >= 15 is 0 Å². The third kappa shape index (κ3) is 11.3. The van der Waals surface area contributed by atoms with Gasteiger partial charge in [-0.3, -0.25) is 4.79 Å². The van der Waals surface area contributed by atoms with Crippen LogP contribution in [0.15, 0.2) is 0 Å². The van der Waals surface area contributed by atoms with Gasteiger partial charge in [0.05, 0.1) is 5.60 Å². The molecule has 90 valence electrons. The Kier molecular flexibility index (Phi) is 6.52. The maximum Gasteiger partial charge on any atom is 0.246 e. The van der Waals surface area contributed by atoms with Crippen molar-refractivity contribution in [2.45, 2.75) is 52.2 Å². The lowest BCUT2D eigenvalue weighted by molar-refractivity contribution is -0.130. The van der Waals surface area contributed by atoms with Crippen LogP contribution >= 0.6 is 0 Å². The Labute approximate surface area is 92.6 Å². The van der Waals surface area contributed by atoms with Gasteiger partial charge in [-0.2, -0.15) is 0 Å². The van der Waals surface area contributed by atoms with Crippen molar-refractivity contribution in [2.75, 3.05) is 13.2 Å². The van der Waals surface area contributed by atoms with E-state index in [0.29, 0.717) is 6.54 Å². The van der Waals surface area contributed by atoms with Crippen molar-refractivity contribution in [2.24, 2.45) is 5.73 Å². The quantitative estimate of drug-likeness (QED) is 0.652. The van der Waals surface area contributed by atoms with Crippen LogP contribution in [-0.2, 0) is 9.53 Å². The van der Waals surface area contributed by atoms with Gasteiger partial charge in [-0.05, 0) is 40.5 Å². The molecule has 0 bridgehead atoms. The Bertz CT molecular complexity index is 186. The molecule has 0 rings (SSSR count). The van der Waals surface area contributed by atoms with Crippen LogP contribution in [0, 0.1) is 0 Å². The lowest BCUT2D eigenvalue weighted by Gasteiger charge is -2.19. The van der Waals surface area contributed by atoms with Crippen molar-refractivity contribution >= 4 is 5.91 Å². The van der Waals surface area contributed by atoms with Crippen LogP contribution < -0.4 is 11.1 Å². The van der Waals surface area contributed by atoms with Gasteiger partial charge < -0.3 is 15.8 Å². The highest BCUT2D eigenvalue weighted by Crippen LogP contribution is 2.05. The topological polar surface area (TPSA) is 64.3 Å². The van der Waals surface area contributed by atoms with Crippen LogP contribution in [-0.4, -0.2) is 30.7 Å². The Morgan fingerprint density at radius 1 is 1.47 bits per heavy atom. The molecule has 1 unspecified atom stereocenters. The monoisotopic (exact) mass is 216 g/mol. The summed E-state index contributed by atoms with van der Waals surface area (Å²) in [5, 5.41) is 2.79. The van der Waals surface area contributed by atoms with Crippen LogP contribution in [0.2, 0.25) is 0 Å². The first-order chi connectivity index (χ1) is 6.81. The highest BCUT2D eigenvalue weighted by molar-refractivity contribution is 5.77. The van der Waals surface area contributed by atoms with Crippen molar-refractivity contribution < 1.29 is 9.53 Å². The molecule has 0 aromatic carbocycles. The van der Waals surface area contributed by atoms with Gasteiger partial charge in [0, 0.05) is 12.6 Å². The second kappa shape index (κ2) is 6.80. The molecule has 15 heavy (non-hydrogen) atoms. The van der Waals surface area contributed by atoms with Crippen LogP contribution in [0.3, 0.4) is 0 Å². The van der Waals surface area contributed by atoms with Crippen molar-refractivity contribution in [3.05, 3.63) is 0 Å². The molecule has 0 radical (unpaired) electrons. The van der Waals surface area contributed by atoms with Gasteiger partial charge in [0.15, 0.2) is 0 Å². The van der Waals surface area contributed by atoms with Crippen molar-refractivity contribution in [1.29, 1.82) is 0 Å². The lowest BCUT2D eigenvalue weighted by Crippen LogP contribution is -2.33. The minimum atomic E-state index is -0.261. The average molecular weight is 216 g/mol. The third-order valence-corrected chi connectivity index (χ3v) is 1.79. The van der Waals surface area contributed by atoms with Crippen LogP contribution in [0.5, 0.6) is 0 Å². The second-order valence-corrected chi connectivity index (χ2v) is 4.87. The van der Waals surface area contributed by atoms with Gasteiger partial charge in [-0.1, -0.05) is 0 Å². The summed E-state index contributed by atoms with van der Waals surface area (Å²) in [6.45, 7) is 8.54. The Hall–Kier alpha value is -0.610. The van der Waals surface area contributed by atoms with Crippen LogP contribution in [0.4, 0.5) is 0 Å². The van der Waals surface area contributed by atoms with Crippen molar-refractivity contribution in [3.8, 4) is 0 Å². The smallest absolute Gasteiger partial charge is 0.246 e. The molecular weight excluding hydrogens is 192 g/mol. The second-order valence-electron chi connectivity index (χ2n) is 4.87. The Balaban J connectivity index is 3.42. The van der Waals surface area contributed by atoms with Crippen molar-refractivity contribution in [1.82, 2.24) is 5.32 Å². The zero-order chi connectivity index (χ0) is 11.9. The molecule has 4 heteroatoms. The molecule has 0 aromatic rings. The maximum atomic E-state index is 11.3. The molecule has 0 heterocycles. The number of carbonyl (C=O) groups is 1. The van der Waals surface area contributed by atoms with E-state index in [1.807, 2.05) is 27.7 Å². The summed E-state index contributed by atoms with van der Waals surface area (Å²) in [6, 6.07) is 0.202. The first kappa shape index (κ1) is 14.4. The van der Waals surface area contributed by atoms with Gasteiger partial charge >= 0.3 is 0 Å². The summed E-state index contributed by atoms with van der Waals surface area (Å²) in [5.41, 5.74) is 5.33. The molecule has 0 aliphatic heterocycles. The van der Waals surface area contributed by atoms with E-state index in [1.165, 1.54) is 0 Å². The van der Waals surface area contributed by atoms with E-state index in [2.05, 4.69) is 5.32 Å². The van der Waals surface area contributed by atoms with E-state index in [1.54, 1.807) is 0 Å². The lowest BCUT2D eigenvalue weighted by atomic mass is 10.2. The SMILES string of the molecule is CC(N)CCCNC(=O)COC(C)(C)C. The van der Waals surface area contributed by atoms with Gasteiger partial charge in [-0.25, -0.2) is 0 Å². The third-order valence-electron chi connectivity index (χ3n) is 1.79. The van der Waals surface area contributed by atoms with Gasteiger partial charge in [0.2, 0.25) is 5.91 Å². The number of ether oxygens (including phenoxy) is 1. The van der Waals surface area contributed by atoms with Crippen molar-refractivity contribution in [3.63, 3.8) is 0 Å². The minimum Gasteiger partial charge on any atom is -0.366 e. The fourth-order valence-electron chi connectivity index (χ4n) is 0.985. The molecule has 0 aliphatic carbocycles. The number of rotatable bonds is 6. The molecule has 0 aromatic heterocycles. The van der Waals surface area contributed by atoms with E-state index in [0.717, 1.165) is 12.8 Å². The zero-order valence-corrected chi connectivity index (χ0v) is 10.3. The van der Waals surface area contributed by atoms with E-state index in [9.17, 15) is 4.79 Å². The summed E-state index contributed by atoms with van der Waals surface area (Å²) < 4.78 is 5.33. The number of hydrogen-bond donors (Lipinski definition) is 2. The molecule has 0 saturated heterocycles. The molecule has 4 nitrogen and oxygen atoms in total. The largest absolute Gasteiger partial charge is 0.366 e. The van der Waals surface area contributed by atoms with E-state index < -0.39 is 0 Å². The fourth-order valence-corrected chi connectivity index (χ4v) is 0.985. The number of carbonyl (C=O) groups excluding carboxylic acids is 1. The number of amides is 1. The first-order valence-electron chi connectivity index (χ1n) is 5.47. The highest BCUT2D eigenvalue weighted by atomic mass is 16.5. The molecular formula is C11H24N2O2. The zero-order valence-electron chi connectivity index (χ0n) is 10.3. The number of nitrogens with two attached hydrogens (primary N) is 1. The van der Waals surface area contributed by atoms with E-state index in [4.69, 9.17) is 10.5 Å². The summed E-state index contributed by atoms with van der Waals surface area (Å²) >= 11 is 0. The summed E-state index contributed by atoms with van der Waals surface area (Å²) in [6.07, 6.45) is 1.85. The van der Waals surface area contributed by atoms with Gasteiger partial charge in [-0.15, -0.1) is 0 Å². The van der Waals surface area contributed by atoms with Gasteiger partial charge in [0.25, 0.3) is 0 Å². The predicted molar refractivity (Wildman–Crippen MR) is 61.6 cm³/mol. The minimum absolute atomic E-state index is 0.0606. The van der Waals surface area contributed by atoms with Gasteiger partial charge in [0.1, 0.15) is 6.61 Å². The molecule has 1 amide bonds. The summed E-state index contributed by atoms with van der Waals surface area (Å²) in [5.74, 6) is -0.0606. The standard InChI is InChI=1S/C11H24N2O2/c1-9(12)6-5-7-13-10(14)8-15-11(2,3)4/h9H,5-8,12H2,1-4H3,(H,13,14). The predicted octanol–water partition coefficient (Wildman–Crippen LogP) is 1.05. The summed E-state index contributed by atoms with van der Waals surface area (Å²) in [7, 11) is 0. The normalized spacial score (nSPS) is 13.7. The number of nitrogens with one attached hydrogen (secondary N) is 1. The molecule has 3 N–H and O–H groups in total. The maximum absolute atomic E-state index is 11.3. The Morgan fingerprint density at radius 3 is 2.53 bits per heavy atom. The highest BCUT2D eigenvalue weighted by Gasteiger charge is 2.12. The molecule has 1 atom stereocenters. The Morgan fingerprint density at radius 2 is 2.07 bits per heavy atom. The molecule has 0 aliphatic rings. The number of hydrogen-bond acceptors (Lipinski definition) is 3. The van der Waals surface area contributed by atoms with Crippen LogP contribution in [0.1, 0.15) is 40.5 Å². The van der Waals surface area contributed by atoms with Crippen LogP contribution in [0.25, 0.3) is 0 Å².